The van der Waals surface area contributed by atoms with Crippen LogP contribution in [0.4, 0.5) is 0 Å². The van der Waals surface area contributed by atoms with Crippen LogP contribution < -0.4 is 0 Å². The first kappa shape index (κ1) is 14.5. The van der Waals surface area contributed by atoms with E-state index in [0.717, 1.165) is 32.1 Å². The lowest BCUT2D eigenvalue weighted by atomic mass is 9.70. The van der Waals surface area contributed by atoms with Gasteiger partial charge in [-0.05, 0) is 37.0 Å². The predicted octanol–water partition coefficient (Wildman–Crippen LogP) is 2.20. The summed E-state index contributed by atoms with van der Waals surface area (Å²) in [7, 11) is -3.30. The van der Waals surface area contributed by atoms with Gasteiger partial charge in [-0.15, -0.1) is 0 Å². The molecule has 1 aliphatic heterocycles. The van der Waals surface area contributed by atoms with Crippen molar-refractivity contribution in [2.24, 2.45) is 16.7 Å². The van der Waals surface area contributed by atoms with Crippen molar-refractivity contribution < 1.29 is 13.2 Å². The van der Waals surface area contributed by atoms with Crippen LogP contribution in [0.2, 0.25) is 0 Å². The fourth-order valence-corrected chi connectivity index (χ4v) is 6.95. The van der Waals surface area contributed by atoms with Crippen LogP contribution in [0.3, 0.4) is 0 Å². The number of carbonyl (C=O) groups is 1. The summed E-state index contributed by atoms with van der Waals surface area (Å²) >= 11 is 0. The van der Waals surface area contributed by atoms with Crippen LogP contribution in [0.25, 0.3) is 0 Å². The van der Waals surface area contributed by atoms with Crippen molar-refractivity contribution in [1.82, 2.24) is 4.31 Å². The minimum Gasteiger partial charge on any atom is -0.299 e. The Hall–Kier alpha value is -0.420. The molecule has 0 aromatic carbocycles. The van der Waals surface area contributed by atoms with Gasteiger partial charge in [0, 0.05) is 24.9 Å². The summed E-state index contributed by atoms with van der Waals surface area (Å²) in [4.78, 5) is 12.5. The van der Waals surface area contributed by atoms with E-state index in [4.69, 9.17) is 0 Å². The van der Waals surface area contributed by atoms with E-state index in [9.17, 15) is 13.2 Å². The maximum absolute atomic E-state index is 12.7. The van der Waals surface area contributed by atoms with E-state index in [-0.39, 0.29) is 17.0 Å². The highest BCUT2D eigenvalue weighted by atomic mass is 32.2. The lowest BCUT2D eigenvalue weighted by molar-refractivity contribution is -0.128. The SMILES string of the molecule is CC1(C)[C@H]2CC[C@@]1(CS(=O)(=O)N1CCCCC1)C(=O)C2. The molecule has 2 bridgehead atoms. The second-order valence-electron chi connectivity index (χ2n) is 7.38. The fraction of sp³-hybridized carbons (Fsp3) is 0.933. The quantitative estimate of drug-likeness (QED) is 0.803. The highest BCUT2D eigenvalue weighted by Gasteiger charge is 2.65. The molecule has 3 fully saturated rings. The average Bonchev–Trinajstić information content (AvgIpc) is 2.73. The highest BCUT2D eigenvalue weighted by Crippen LogP contribution is 2.64. The first-order valence-electron chi connectivity index (χ1n) is 7.81. The van der Waals surface area contributed by atoms with E-state index < -0.39 is 15.4 Å². The van der Waals surface area contributed by atoms with Crippen LogP contribution in [0.1, 0.15) is 52.4 Å². The Labute approximate surface area is 122 Å². The third-order valence-corrected chi connectivity index (χ3v) is 8.29. The molecule has 0 spiro atoms. The number of piperidine rings is 1. The number of fused-ring (bicyclic) bond motifs is 2. The van der Waals surface area contributed by atoms with Crippen LogP contribution in [0, 0.1) is 16.7 Å². The molecule has 0 unspecified atom stereocenters. The number of hydrogen-bond donors (Lipinski definition) is 0. The van der Waals surface area contributed by atoms with Gasteiger partial charge < -0.3 is 0 Å². The maximum Gasteiger partial charge on any atom is 0.215 e. The fourth-order valence-electron chi connectivity index (χ4n) is 4.65. The lowest BCUT2D eigenvalue weighted by Gasteiger charge is -2.38. The maximum atomic E-state index is 12.7. The molecular weight excluding hydrogens is 274 g/mol. The van der Waals surface area contributed by atoms with Crippen LogP contribution in [0.15, 0.2) is 0 Å². The summed E-state index contributed by atoms with van der Waals surface area (Å²) < 4.78 is 27.1. The number of carbonyl (C=O) groups excluding carboxylic acids is 1. The summed E-state index contributed by atoms with van der Waals surface area (Å²) in [6, 6.07) is 0. The first-order chi connectivity index (χ1) is 9.30. The van der Waals surface area contributed by atoms with Crippen LogP contribution >= 0.6 is 0 Å². The normalized spacial score (nSPS) is 37.5. The van der Waals surface area contributed by atoms with Crippen molar-refractivity contribution >= 4 is 15.8 Å². The van der Waals surface area contributed by atoms with Gasteiger partial charge in [0.15, 0.2) is 0 Å². The largest absolute Gasteiger partial charge is 0.299 e. The molecule has 2 saturated carbocycles. The van der Waals surface area contributed by atoms with Gasteiger partial charge in [0.25, 0.3) is 0 Å². The molecule has 3 rings (SSSR count). The van der Waals surface area contributed by atoms with E-state index >= 15 is 0 Å². The molecule has 5 heteroatoms. The van der Waals surface area contributed by atoms with E-state index in [1.807, 2.05) is 0 Å². The Bertz CT molecular complexity index is 519. The van der Waals surface area contributed by atoms with Gasteiger partial charge in [-0.3, -0.25) is 4.79 Å². The summed E-state index contributed by atoms with van der Waals surface area (Å²) in [6.07, 6.45) is 5.37. The Morgan fingerprint density at radius 2 is 1.85 bits per heavy atom. The molecule has 0 amide bonds. The minimum absolute atomic E-state index is 0.0440. The number of ketones is 1. The molecule has 0 aromatic rings. The van der Waals surface area contributed by atoms with Crippen LogP contribution in [-0.4, -0.2) is 37.3 Å². The zero-order chi connectivity index (χ0) is 14.6. The Morgan fingerprint density at radius 1 is 1.20 bits per heavy atom. The Morgan fingerprint density at radius 3 is 2.35 bits per heavy atom. The van der Waals surface area contributed by atoms with Gasteiger partial charge in [0.1, 0.15) is 5.78 Å². The van der Waals surface area contributed by atoms with Crippen molar-refractivity contribution in [2.75, 3.05) is 18.8 Å². The standard InChI is InChI=1S/C15H25NO3S/c1-14(2)12-6-7-15(14,13(17)10-12)11-20(18,19)16-8-4-3-5-9-16/h12H,3-11H2,1-2H3/t12-,15+/m0/s1. The number of nitrogens with zero attached hydrogens (tertiary/aromatic N) is 1. The topological polar surface area (TPSA) is 54.5 Å². The van der Waals surface area contributed by atoms with Crippen molar-refractivity contribution in [3.05, 3.63) is 0 Å². The number of Topliss-reactive ketones (excluding diaryl/α,β-unsaturated/α-hetero) is 1. The van der Waals surface area contributed by atoms with E-state index in [1.165, 1.54) is 0 Å². The van der Waals surface area contributed by atoms with Crippen molar-refractivity contribution in [1.29, 1.82) is 0 Å². The monoisotopic (exact) mass is 299 g/mol. The Kier molecular flexibility index (Phi) is 3.29. The molecule has 20 heavy (non-hydrogen) atoms. The van der Waals surface area contributed by atoms with Gasteiger partial charge in [-0.25, -0.2) is 12.7 Å². The first-order valence-corrected chi connectivity index (χ1v) is 9.42. The van der Waals surface area contributed by atoms with Gasteiger partial charge >= 0.3 is 0 Å². The molecule has 3 aliphatic rings. The Balaban J connectivity index is 1.88. The molecule has 1 heterocycles. The smallest absolute Gasteiger partial charge is 0.215 e. The van der Waals surface area contributed by atoms with Crippen molar-refractivity contribution in [2.45, 2.75) is 52.4 Å². The molecule has 0 radical (unpaired) electrons. The van der Waals surface area contributed by atoms with Gasteiger partial charge in [-0.2, -0.15) is 0 Å². The average molecular weight is 299 g/mol. The lowest BCUT2D eigenvalue weighted by Crippen LogP contribution is -2.47. The molecule has 4 nitrogen and oxygen atoms in total. The van der Waals surface area contributed by atoms with Crippen LogP contribution in [-0.2, 0) is 14.8 Å². The number of sulfonamides is 1. The summed E-state index contributed by atoms with van der Waals surface area (Å²) in [6.45, 7) is 5.47. The van der Waals surface area contributed by atoms with Crippen LogP contribution in [0.5, 0.6) is 0 Å². The zero-order valence-corrected chi connectivity index (χ0v) is 13.3. The van der Waals surface area contributed by atoms with Gasteiger partial charge in [-0.1, -0.05) is 20.3 Å². The van der Waals surface area contributed by atoms with E-state index in [1.54, 1.807) is 4.31 Å². The molecular formula is C15H25NO3S. The molecule has 114 valence electrons. The highest BCUT2D eigenvalue weighted by molar-refractivity contribution is 7.89. The molecule has 0 N–H and O–H groups in total. The summed E-state index contributed by atoms with van der Waals surface area (Å²) in [5.41, 5.74) is -0.777. The third kappa shape index (κ3) is 1.89. The third-order valence-electron chi connectivity index (χ3n) is 6.28. The molecule has 1 saturated heterocycles. The molecule has 0 aromatic heterocycles. The van der Waals surface area contributed by atoms with E-state index in [2.05, 4.69) is 13.8 Å². The predicted molar refractivity (Wildman–Crippen MR) is 77.8 cm³/mol. The second kappa shape index (κ2) is 4.54. The van der Waals surface area contributed by atoms with Crippen molar-refractivity contribution in [3.63, 3.8) is 0 Å². The van der Waals surface area contributed by atoms with Gasteiger partial charge in [0.05, 0.1) is 5.75 Å². The van der Waals surface area contributed by atoms with Crippen molar-refractivity contribution in [3.8, 4) is 0 Å². The minimum atomic E-state index is -3.30. The van der Waals surface area contributed by atoms with E-state index in [0.29, 0.717) is 25.4 Å². The number of rotatable bonds is 3. The zero-order valence-electron chi connectivity index (χ0n) is 12.5. The van der Waals surface area contributed by atoms with Gasteiger partial charge in [0.2, 0.25) is 10.0 Å². The summed E-state index contributed by atoms with van der Waals surface area (Å²) in [5, 5.41) is 0. The summed E-state index contributed by atoms with van der Waals surface area (Å²) in [5.74, 6) is 0.619. The molecule has 2 atom stereocenters. The molecule has 2 aliphatic carbocycles. The number of hydrogen-bond acceptors (Lipinski definition) is 3. The second-order valence-corrected chi connectivity index (χ2v) is 9.35.